The van der Waals surface area contributed by atoms with Crippen molar-refractivity contribution in [2.24, 2.45) is 0 Å². The Morgan fingerprint density at radius 1 is 1.12 bits per heavy atom. The molecule has 32 heavy (non-hydrogen) atoms. The Hall–Kier alpha value is -3.83. The number of thiazole rings is 1. The normalized spacial score (nSPS) is 10.9. The molecule has 0 spiro atoms. The molecule has 0 aliphatic carbocycles. The Morgan fingerprint density at radius 2 is 1.94 bits per heavy atom. The fraction of sp³-hybridized carbons (Fsp3) is 0.0476. The number of pyridine rings is 1. The lowest BCUT2D eigenvalue weighted by molar-refractivity contribution is -0.116. The number of hydrogen-bond donors (Lipinski definition) is 1. The number of nitrogens with zero attached hydrogens (tertiary/aromatic N) is 5. The molecule has 160 valence electrons. The number of para-hydroxylation sites is 1. The fourth-order valence-electron chi connectivity index (χ4n) is 2.67. The quantitative estimate of drug-likeness (QED) is 0.419. The Bertz CT molecular complexity index is 1290. The smallest absolute Gasteiger partial charge is 0.250 e. The number of amides is 2. The molecule has 0 saturated carbocycles. The minimum atomic E-state index is -0.531. The first kappa shape index (κ1) is 21.4. The number of hydrogen-bond acceptors (Lipinski definition) is 8. The van der Waals surface area contributed by atoms with E-state index in [-0.39, 0.29) is 11.6 Å². The minimum Gasteiger partial charge on any atom is -0.297 e. The molecule has 0 bridgehead atoms. The van der Waals surface area contributed by atoms with Crippen LogP contribution in [0.2, 0.25) is 0 Å². The first-order chi connectivity index (χ1) is 15.5. The standard InChI is InChI=1S/C21H15FN6O2S2/c1-13(29)28(17-8-3-2-6-15(17)22)21-24-14(12-31-21)9-10-18(30)25-20-27-26-19(32-20)16-7-4-5-11-23-16/h2-12H,1H3,(H,25,27,30)/b10-9+. The van der Waals surface area contributed by atoms with Crippen LogP contribution in [0.15, 0.2) is 60.1 Å². The van der Waals surface area contributed by atoms with E-state index in [2.05, 4.69) is 25.5 Å². The summed E-state index contributed by atoms with van der Waals surface area (Å²) < 4.78 is 14.2. The SMILES string of the molecule is CC(=O)N(c1nc(/C=C/C(=O)Nc2nnc(-c3ccccn3)s2)cs1)c1ccccc1F. The Labute approximate surface area is 190 Å². The number of nitrogens with one attached hydrogen (secondary N) is 1. The van der Waals surface area contributed by atoms with Gasteiger partial charge in [0.2, 0.25) is 16.9 Å². The van der Waals surface area contributed by atoms with Crippen LogP contribution in [-0.2, 0) is 9.59 Å². The van der Waals surface area contributed by atoms with Crippen LogP contribution in [0.3, 0.4) is 0 Å². The molecule has 2 amide bonds. The Kier molecular flexibility index (Phi) is 6.38. The number of carbonyl (C=O) groups excluding carboxylic acids is 2. The molecule has 8 nitrogen and oxygen atoms in total. The summed E-state index contributed by atoms with van der Waals surface area (Å²) >= 11 is 2.37. The van der Waals surface area contributed by atoms with Crippen molar-refractivity contribution in [3.05, 3.63) is 71.6 Å². The lowest BCUT2D eigenvalue weighted by Gasteiger charge is -2.18. The fourth-order valence-corrected chi connectivity index (χ4v) is 4.24. The summed E-state index contributed by atoms with van der Waals surface area (Å²) in [5, 5.41) is 13.5. The molecule has 0 aliphatic rings. The van der Waals surface area contributed by atoms with Crippen LogP contribution in [0.1, 0.15) is 12.6 Å². The van der Waals surface area contributed by atoms with Crippen LogP contribution in [0.25, 0.3) is 16.8 Å². The predicted molar refractivity (Wildman–Crippen MR) is 122 cm³/mol. The van der Waals surface area contributed by atoms with Gasteiger partial charge < -0.3 is 0 Å². The summed E-state index contributed by atoms with van der Waals surface area (Å²) in [6.07, 6.45) is 4.44. The molecule has 0 radical (unpaired) electrons. The van der Waals surface area contributed by atoms with Gasteiger partial charge in [-0.2, -0.15) is 0 Å². The second kappa shape index (κ2) is 9.54. The van der Waals surface area contributed by atoms with Crippen LogP contribution in [0, 0.1) is 5.82 Å². The molecular formula is C21H15FN6O2S2. The van der Waals surface area contributed by atoms with Gasteiger partial charge in [0.15, 0.2) is 10.1 Å². The maximum atomic E-state index is 14.2. The topological polar surface area (TPSA) is 101 Å². The number of rotatable bonds is 6. The maximum Gasteiger partial charge on any atom is 0.250 e. The summed E-state index contributed by atoms with van der Waals surface area (Å²) in [7, 11) is 0. The number of aromatic nitrogens is 4. The van der Waals surface area contributed by atoms with Crippen molar-refractivity contribution in [1.29, 1.82) is 0 Å². The lowest BCUT2D eigenvalue weighted by Crippen LogP contribution is -2.23. The number of halogens is 1. The van der Waals surface area contributed by atoms with E-state index in [9.17, 15) is 14.0 Å². The van der Waals surface area contributed by atoms with Crippen LogP contribution >= 0.6 is 22.7 Å². The van der Waals surface area contributed by atoms with E-state index in [0.717, 1.165) is 11.3 Å². The molecule has 4 rings (SSSR count). The monoisotopic (exact) mass is 466 g/mol. The van der Waals surface area contributed by atoms with Gasteiger partial charge in [-0.3, -0.25) is 24.8 Å². The van der Waals surface area contributed by atoms with E-state index in [0.29, 0.717) is 26.7 Å². The highest BCUT2D eigenvalue weighted by Crippen LogP contribution is 2.31. The van der Waals surface area contributed by atoms with Crippen molar-refractivity contribution < 1.29 is 14.0 Å². The molecule has 0 saturated heterocycles. The highest BCUT2D eigenvalue weighted by Gasteiger charge is 2.20. The molecule has 3 aromatic heterocycles. The molecule has 0 unspecified atom stereocenters. The summed E-state index contributed by atoms with van der Waals surface area (Å²) in [6, 6.07) is 11.4. The average Bonchev–Trinajstić information content (AvgIpc) is 3.44. The van der Waals surface area contributed by atoms with Gasteiger partial charge in [-0.25, -0.2) is 9.37 Å². The molecule has 4 aromatic rings. The predicted octanol–water partition coefficient (Wildman–Crippen LogP) is 4.53. The molecule has 0 aliphatic heterocycles. The minimum absolute atomic E-state index is 0.114. The number of carbonyl (C=O) groups is 2. The van der Waals surface area contributed by atoms with Gasteiger partial charge in [-0.1, -0.05) is 29.5 Å². The van der Waals surface area contributed by atoms with E-state index >= 15 is 0 Å². The summed E-state index contributed by atoms with van der Waals surface area (Å²) in [4.78, 5) is 34.1. The third-order valence-electron chi connectivity index (χ3n) is 4.05. The summed E-state index contributed by atoms with van der Waals surface area (Å²) in [5.74, 6) is -1.32. The Balaban J connectivity index is 1.44. The van der Waals surface area contributed by atoms with E-state index in [1.807, 2.05) is 6.07 Å². The zero-order valence-corrected chi connectivity index (χ0v) is 18.2. The molecule has 1 aromatic carbocycles. The number of anilines is 3. The first-order valence-electron chi connectivity index (χ1n) is 9.26. The Morgan fingerprint density at radius 3 is 2.69 bits per heavy atom. The zero-order valence-electron chi connectivity index (χ0n) is 16.6. The third kappa shape index (κ3) is 4.90. The van der Waals surface area contributed by atoms with Crippen LogP contribution in [0.5, 0.6) is 0 Å². The van der Waals surface area contributed by atoms with Crippen LogP contribution in [-0.4, -0.2) is 32.0 Å². The summed E-state index contributed by atoms with van der Waals surface area (Å²) in [5.41, 5.74) is 1.23. The van der Waals surface area contributed by atoms with Crippen molar-refractivity contribution >= 4 is 56.5 Å². The highest BCUT2D eigenvalue weighted by molar-refractivity contribution is 7.18. The first-order valence-corrected chi connectivity index (χ1v) is 11.0. The third-order valence-corrected chi connectivity index (χ3v) is 5.76. The number of benzene rings is 1. The van der Waals surface area contributed by atoms with Gasteiger partial charge in [0, 0.05) is 24.6 Å². The average molecular weight is 467 g/mol. The molecule has 1 N–H and O–H groups in total. The van der Waals surface area contributed by atoms with Crippen molar-refractivity contribution in [2.45, 2.75) is 6.92 Å². The van der Waals surface area contributed by atoms with Crippen molar-refractivity contribution in [3.63, 3.8) is 0 Å². The molecule has 0 fully saturated rings. The summed E-state index contributed by atoms with van der Waals surface area (Å²) in [6.45, 7) is 1.33. The van der Waals surface area contributed by atoms with Gasteiger partial charge in [0.05, 0.1) is 11.4 Å². The van der Waals surface area contributed by atoms with Crippen LogP contribution < -0.4 is 10.2 Å². The van der Waals surface area contributed by atoms with Gasteiger partial charge in [0.1, 0.15) is 11.5 Å². The largest absolute Gasteiger partial charge is 0.297 e. The zero-order chi connectivity index (χ0) is 22.5. The van der Waals surface area contributed by atoms with Crippen LogP contribution in [0.4, 0.5) is 20.3 Å². The molecule has 3 heterocycles. The van der Waals surface area contributed by atoms with Crippen molar-refractivity contribution in [1.82, 2.24) is 20.2 Å². The van der Waals surface area contributed by atoms with Gasteiger partial charge >= 0.3 is 0 Å². The molecule has 11 heteroatoms. The molecule has 0 atom stereocenters. The van der Waals surface area contributed by atoms with Crippen molar-refractivity contribution in [3.8, 4) is 10.7 Å². The second-order valence-corrected chi connectivity index (χ2v) is 8.12. The van der Waals surface area contributed by atoms with Gasteiger partial charge in [-0.15, -0.1) is 21.5 Å². The molecular weight excluding hydrogens is 451 g/mol. The second-order valence-electron chi connectivity index (χ2n) is 6.31. The van der Waals surface area contributed by atoms with E-state index in [1.54, 1.807) is 35.8 Å². The highest BCUT2D eigenvalue weighted by atomic mass is 32.1. The van der Waals surface area contributed by atoms with Crippen molar-refractivity contribution in [2.75, 3.05) is 10.2 Å². The van der Waals surface area contributed by atoms with E-state index in [1.165, 1.54) is 47.4 Å². The lowest BCUT2D eigenvalue weighted by atomic mass is 10.3. The van der Waals surface area contributed by atoms with Gasteiger partial charge in [-0.05, 0) is 30.3 Å². The van der Waals surface area contributed by atoms with Gasteiger partial charge in [0.25, 0.3) is 0 Å². The maximum absolute atomic E-state index is 14.2. The van der Waals surface area contributed by atoms with E-state index in [4.69, 9.17) is 0 Å². The van der Waals surface area contributed by atoms with E-state index < -0.39 is 11.7 Å².